The van der Waals surface area contributed by atoms with Crippen LogP contribution >= 0.6 is 22.6 Å². The molecule has 56 valence electrons. The normalized spacial score (nSPS) is 45.3. The second-order valence-electron chi connectivity index (χ2n) is 3.01. The van der Waals surface area contributed by atoms with Crippen molar-refractivity contribution < 1.29 is 9.53 Å². The third kappa shape index (κ3) is 0.946. The molecule has 2 rings (SSSR count). The first-order chi connectivity index (χ1) is 4.77. The molecule has 3 unspecified atom stereocenters. The van der Waals surface area contributed by atoms with Gasteiger partial charge in [-0.3, -0.25) is 4.79 Å². The summed E-state index contributed by atoms with van der Waals surface area (Å²) in [5, 5.41) is 0. The quantitative estimate of drug-likeness (QED) is 0.371. The smallest absolute Gasteiger partial charge is 0.306 e. The van der Waals surface area contributed by atoms with Crippen LogP contribution in [0.25, 0.3) is 0 Å². The molecular formula is C7H9IO2. The minimum absolute atomic E-state index is 0.0105. The lowest BCUT2D eigenvalue weighted by Crippen LogP contribution is -2.17. The summed E-state index contributed by atoms with van der Waals surface area (Å²) in [5.41, 5.74) is 0. The van der Waals surface area contributed by atoms with Crippen LogP contribution in [-0.2, 0) is 9.53 Å². The van der Waals surface area contributed by atoms with Crippen molar-refractivity contribution in [1.29, 1.82) is 0 Å². The van der Waals surface area contributed by atoms with Gasteiger partial charge in [0, 0.05) is 9.84 Å². The molecule has 1 aliphatic carbocycles. The fraction of sp³-hybridized carbons (Fsp3) is 0.857. The molecule has 0 bridgehead atoms. The van der Waals surface area contributed by atoms with E-state index in [0.717, 1.165) is 0 Å². The summed E-state index contributed by atoms with van der Waals surface area (Å²) in [5.74, 6) is 0.561. The third-order valence-electron chi connectivity index (χ3n) is 2.33. The Morgan fingerprint density at radius 1 is 1.50 bits per heavy atom. The second-order valence-corrected chi connectivity index (χ2v) is 4.61. The Hall–Kier alpha value is 0.200. The lowest BCUT2D eigenvalue weighted by atomic mass is 10.1. The minimum atomic E-state index is 0.0105. The maximum absolute atomic E-state index is 10.8. The number of ether oxygens (including phenoxy) is 1. The highest BCUT2D eigenvalue weighted by Crippen LogP contribution is 2.40. The van der Waals surface area contributed by atoms with Crippen molar-refractivity contribution in [2.45, 2.75) is 29.3 Å². The van der Waals surface area contributed by atoms with Crippen LogP contribution in [0, 0.1) is 5.92 Å². The van der Waals surface area contributed by atoms with Gasteiger partial charge in [-0.15, -0.1) is 0 Å². The van der Waals surface area contributed by atoms with E-state index >= 15 is 0 Å². The Morgan fingerprint density at radius 3 is 3.00 bits per heavy atom. The van der Waals surface area contributed by atoms with Crippen LogP contribution < -0.4 is 0 Å². The predicted molar refractivity (Wildman–Crippen MR) is 45.0 cm³/mol. The van der Waals surface area contributed by atoms with Crippen LogP contribution in [-0.4, -0.2) is 16.0 Å². The Labute approximate surface area is 73.5 Å². The molecule has 1 aliphatic heterocycles. The van der Waals surface area contributed by atoms with Gasteiger partial charge in [0.25, 0.3) is 0 Å². The van der Waals surface area contributed by atoms with E-state index in [9.17, 15) is 4.79 Å². The molecule has 0 aromatic heterocycles. The summed E-state index contributed by atoms with van der Waals surface area (Å²) in [7, 11) is 0. The average molecular weight is 252 g/mol. The van der Waals surface area contributed by atoms with Crippen LogP contribution in [0.2, 0.25) is 0 Å². The van der Waals surface area contributed by atoms with Gasteiger partial charge in [0.1, 0.15) is 6.10 Å². The third-order valence-corrected chi connectivity index (χ3v) is 3.66. The molecule has 1 heterocycles. The van der Waals surface area contributed by atoms with Gasteiger partial charge in [-0.05, 0) is 12.8 Å². The maximum atomic E-state index is 10.8. The first-order valence-electron chi connectivity index (χ1n) is 3.61. The van der Waals surface area contributed by atoms with Crippen LogP contribution in [0.15, 0.2) is 0 Å². The van der Waals surface area contributed by atoms with E-state index in [1.807, 2.05) is 0 Å². The number of halogens is 1. The Balaban J connectivity index is 2.12. The van der Waals surface area contributed by atoms with E-state index in [1.165, 1.54) is 12.8 Å². The molecule has 0 radical (unpaired) electrons. The van der Waals surface area contributed by atoms with E-state index in [-0.39, 0.29) is 12.1 Å². The monoisotopic (exact) mass is 252 g/mol. The number of carbonyl (C=O) groups is 1. The van der Waals surface area contributed by atoms with Crippen molar-refractivity contribution in [2.24, 2.45) is 5.92 Å². The molecule has 1 saturated heterocycles. The molecule has 2 aliphatic rings. The number of rotatable bonds is 0. The van der Waals surface area contributed by atoms with E-state index < -0.39 is 0 Å². The second kappa shape index (κ2) is 2.36. The highest BCUT2D eigenvalue weighted by Gasteiger charge is 2.43. The van der Waals surface area contributed by atoms with E-state index in [0.29, 0.717) is 16.3 Å². The Kier molecular flexibility index (Phi) is 1.62. The zero-order chi connectivity index (χ0) is 7.14. The van der Waals surface area contributed by atoms with Crippen molar-refractivity contribution in [3.05, 3.63) is 0 Å². The number of alkyl halides is 1. The molecule has 1 saturated carbocycles. The first kappa shape index (κ1) is 6.88. The summed E-state index contributed by atoms with van der Waals surface area (Å²) < 4.78 is 5.73. The lowest BCUT2D eigenvalue weighted by Gasteiger charge is -2.09. The first-order valence-corrected chi connectivity index (χ1v) is 4.85. The largest absolute Gasteiger partial charge is 0.461 e. The molecule has 3 atom stereocenters. The molecule has 2 fully saturated rings. The van der Waals surface area contributed by atoms with Crippen molar-refractivity contribution in [3.63, 3.8) is 0 Å². The summed E-state index contributed by atoms with van der Waals surface area (Å²) in [6.07, 6.45) is 3.34. The van der Waals surface area contributed by atoms with Crippen molar-refractivity contribution >= 4 is 28.6 Å². The van der Waals surface area contributed by atoms with Gasteiger partial charge < -0.3 is 4.74 Å². The van der Waals surface area contributed by atoms with Crippen molar-refractivity contribution in [3.8, 4) is 0 Å². The van der Waals surface area contributed by atoms with Gasteiger partial charge in [-0.1, -0.05) is 22.6 Å². The van der Waals surface area contributed by atoms with Gasteiger partial charge >= 0.3 is 5.97 Å². The van der Waals surface area contributed by atoms with Crippen LogP contribution in [0.4, 0.5) is 0 Å². The molecule has 0 N–H and O–H groups in total. The molecular weight excluding hydrogens is 243 g/mol. The predicted octanol–water partition coefficient (Wildman–Crippen LogP) is 1.52. The topological polar surface area (TPSA) is 26.3 Å². The number of fused-ring (bicyclic) bond motifs is 1. The van der Waals surface area contributed by atoms with Gasteiger partial charge in [-0.25, -0.2) is 0 Å². The van der Waals surface area contributed by atoms with Crippen molar-refractivity contribution in [1.82, 2.24) is 0 Å². The van der Waals surface area contributed by atoms with Gasteiger partial charge in [0.05, 0.1) is 6.42 Å². The highest BCUT2D eigenvalue weighted by atomic mass is 127. The fourth-order valence-electron chi connectivity index (χ4n) is 1.80. The van der Waals surface area contributed by atoms with Crippen LogP contribution in [0.3, 0.4) is 0 Å². The number of hydrogen-bond acceptors (Lipinski definition) is 2. The summed E-state index contributed by atoms with van der Waals surface area (Å²) in [6, 6.07) is 0. The van der Waals surface area contributed by atoms with Gasteiger partial charge in [-0.2, -0.15) is 0 Å². The lowest BCUT2D eigenvalue weighted by molar-refractivity contribution is -0.141. The molecule has 3 heteroatoms. The standard InChI is InChI=1S/C7H9IO2/c8-5-2-1-4-3-6(9)10-7(4)5/h4-5,7H,1-3H2. The SMILES string of the molecule is O=C1CC2CCC(I)C2O1. The van der Waals surface area contributed by atoms with Gasteiger partial charge in [0.2, 0.25) is 0 Å². The average Bonchev–Trinajstić information content (AvgIpc) is 2.35. The molecule has 10 heavy (non-hydrogen) atoms. The van der Waals surface area contributed by atoms with Crippen molar-refractivity contribution in [2.75, 3.05) is 0 Å². The Bertz CT molecular complexity index is 169. The molecule has 0 aromatic carbocycles. The maximum Gasteiger partial charge on any atom is 0.306 e. The molecule has 0 spiro atoms. The summed E-state index contributed by atoms with van der Waals surface area (Å²) in [6.45, 7) is 0. The van der Waals surface area contributed by atoms with Crippen LogP contribution in [0.1, 0.15) is 19.3 Å². The minimum Gasteiger partial charge on any atom is -0.461 e. The van der Waals surface area contributed by atoms with E-state index in [4.69, 9.17) is 4.74 Å². The van der Waals surface area contributed by atoms with Crippen LogP contribution in [0.5, 0.6) is 0 Å². The number of carbonyl (C=O) groups excluding carboxylic acids is 1. The number of esters is 1. The van der Waals surface area contributed by atoms with E-state index in [2.05, 4.69) is 22.6 Å². The Morgan fingerprint density at radius 2 is 2.30 bits per heavy atom. The zero-order valence-electron chi connectivity index (χ0n) is 5.55. The highest BCUT2D eigenvalue weighted by molar-refractivity contribution is 14.1. The van der Waals surface area contributed by atoms with E-state index in [1.54, 1.807) is 0 Å². The molecule has 0 amide bonds. The number of hydrogen-bond donors (Lipinski definition) is 0. The van der Waals surface area contributed by atoms with Gasteiger partial charge in [0.15, 0.2) is 0 Å². The summed E-state index contributed by atoms with van der Waals surface area (Å²) in [4.78, 5) is 10.8. The molecule has 0 aromatic rings. The molecule has 2 nitrogen and oxygen atoms in total. The fourth-order valence-corrected chi connectivity index (χ4v) is 2.89. The zero-order valence-corrected chi connectivity index (χ0v) is 7.71. The summed E-state index contributed by atoms with van der Waals surface area (Å²) >= 11 is 2.38.